The molecule has 4 rings (SSSR count). The van der Waals surface area contributed by atoms with E-state index < -0.39 is 17.5 Å². The summed E-state index contributed by atoms with van der Waals surface area (Å²) in [5, 5.41) is 13.1. The van der Waals surface area contributed by atoms with Crippen LogP contribution in [0.3, 0.4) is 0 Å². The van der Waals surface area contributed by atoms with Crippen molar-refractivity contribution in [3.8, 4) is 0 Å². The predicted octanol–water partition coefficient (Wildman–Crippen LogP) is 4.05. The van der Waals surface area contributed by atoms with Crippen molar-refractivity contribution in [3.63, 3.8) is 0 Å². The zero-order chi connectivity index (χ0) is 19.3. The van der Waals surface area contributed by atoms with Gasteiger partial charge in [-0.2, -0.15) is 13.9 Å². The molecular formula is C19H18ClF2N3O2. The summed E-state index contributed by atoms with van der Waals surface area (Å²) in [6.07, 6.45) is 9.13. The molecule has 0 spiro atoms. The molecule has 142 valence electrons. The third-order valence-corrected chi connectivity index (χ3v) is 5.65. The van der Waals surface area contributed by atoms with Crippen molar-refractivity contribution >= 4 is 28.6 Å². The Morgan fingerprint density at radius 2 is 2.19 bits per heavy atom. The van der Waals surface area contributed by atoms with Gasteiger partial charge in [-0.15, -0.1) is 11.6 Å². The van der Waals surface area contributed by atoms with Crippen molar-refractivity contribution in [2.75, 3.05) is 0 Å². The molecule has 1 saturated carbocycles. The van der Waals surface area contributed by atoms with Crippen molar-refractivity contribution in [2.24, 2.45) is 11.8 Å². The fourth-order valence-electron chi connectivity index (χ4n) is 3.61. The van der Waals surface area contributed by atoms with Crippen molar-refractivity contribution in [1.29, 1.82) is 0 Å². The molecule has 0 aromatic carbocycles. The third-order valence-electron chi connectivity index (χ3n) is 5.20. The Hall–Kier alpha value is -2.28. The second-order valence-corrected chi connectivity index (χ2v) is 7.62. The number of carbonyl (C=O) groups is 1. The van der Waals surface area contributed by atoms with Crippen LogP contribution in [0.2, 0.25) is 0 Å². The highest BCUT2D eigenvalue weighted by Gasteiger charge is 2.42. The van der Waals surface area contributed by atoms with Crippen molar-refractivity contribution in [3.05, 3.63) is 47.3 Å². The number of carboxylic acid groups (broad SMARTS) is 1. The zero-order valence-electron chi connectivity index (χ0n) is 14.6. The number of carboxylic acids is 1. The number of allylic oxidation sites excluding steroid dienone is 4. The van der Waals surface area contributed by atoms with E-state index in [0.717, 1.165) is 19.0 Å². The lowest BCUT2D eigenvalue weighted by molar-refractivity contribution is -0.166. The van der Waals surface area contributed by atoms with Gasteiger partial charge in [0.2, 0.25) is 0 Å². The van der Waals surface area contributed by atoms with E-state index in [9.17, 15) is 13.6 Å². The van der Waals surface area contributed by atoms with Crippen LogP contribution < -0.4 is 0 Å². The van der Waals surface area contributed by atoms with E-state index in [-0.39, 0.29) is 11.3 Å². The number of pyridine rings is 1. The van der Waals surface area contributed by atoms with E-state index in [0.29, 0.717) is 29.2 Å². The maximum absolute atomic E-state index is 13.9. The molecule has 8 heteroatoms. The van der Waals surface area contributed by atoms with Gasteiger partial charge in [0.05, 0.1) is 22.2 Å². The van der Waals surface area contributed by atoms with Crippen LogP contribution in [0.4, 0.5) is 8.78 Å². The summed E-state index contributed by atoms with van der Waals surface area (Å²) >= 11 is 6.52. The Labute approximate surface area is 159 Å². The second kappa shape index (κ2) is 6.41. The average Bonchev–Trinajstić information content (AvgIpc) is 3.42. The van der Waals surface area contributed by atoms with Gasteiger partial charge >= 0.3 is 11.9 Å². The first-order chi connectivity index (χ1) is 12.8. The molecule has 2 heterocycles. The Morgan fingerprint density at radius 1 is 1.44 bits per heavy atom. The summed E-state index contributed by atoms with van der Waals surface area (Å²) in [6, 6.07) is 1.17. The summed E-state index contributed by atoms with van der Waals surface area (Å²) in [6.45, 7) is 2.17. The fraction of sp³-hybridized carbons (Fsp3) is 0.421. The highest BCUT2D eigenvalue weighted by molar-refractivity contribution is 6.22. The van der Waals surface area contributed by atoms with Crippen LogP contribution in [-0.4, -0.2) is 31.2 Å². The first-order valence-electron chi connectivity index (χ1n) is 8.76. The first-order valence-corrected chi connectivity index (χ1v) is 9.20. The molecular weight excluding hydrogens is 376 g/mol. The van der Waals surface area contributed by atoms with Gasteiger partial charge in [-0.1, -0.05) is 23.8 Å². The van der Waals surface area contributed by atoms with Crippen molar-refractivity contribution in [2.45, 2.75) is 37.6 Å². The van der Waals surface area contributed by atoms with Crippen LogP contribution in [0.1, 0.15) is 24.1 Å². The monoisotopic (exact) mass is 393 g/mol. The summed E-state index contributed by atoms with van der Waals surface area (Å²) in [7, 11) is 0. The second-order valence-electron chi connectivity index (χ2n) is 7.12. The Bertz CT molecular complexity index is 979. The van der Waals surface area contributed by atoms with E-state index in [4.69, 9.17) is 16.7 Å². The smallest absolute Gasteiger partial charge is 0.379 e. The van der Waals surface area contributed by atoms with Gasteiger partial charge in [-0.05, 0) is 31.7 Å². The van der Waals surface area contributed by atoms with E-state index in [1.165, 1.54) is 11.6 Å². The molecule has 1 fully saturated rings. The lowest BCUT2D eigenvalue weighted by Gasteiger charge is -2.26. The molecule has 2 aliphatic carbocycles. The Morgan fingerprint density at radius 3 is 2.85 bits per heavy atom. The third kappa shape index (κ3) is 3.14. The van der Waals surface area contributed by atoms with E-state index in [1.807, 2.05) is 12.2 Å². The average molecular weight is 394 g/mol. The molecule has 0 saturated heterocycles. The maximum Gasteiger partial charge on any atom is 0.379 e. The number of halogens is 3. The topological polar surface area (TPSA) is 68.0 Å². The SMILES string of the molecule is Cc1nn(CC2C(C3CC3)=CC=CC2Cl)c2cc(C(F)(F)C(=O)O)cnc12. The van der Waals surface area contributed by atoms with Crippen molar-refractivity contribution < 1.29 is 18.7 Å². The molecule has 2 aromatic heterocycles. The number of rotatable bonds is 5. The zero-order valence-corrected chi connectivity index (χ0v) is 15.3. The summed E-state index contributed by atoms with van der Waals surface area (Å²) in [5.74, 6) is -5.68. The van der Waals surface area contributed by atoms with E-state index in [2.05, 4.69) is 16.2 Å². The molecule has 2 unspecified atom stereocenters. The van der Waals surface area contributed by atoms with Crippen LogP contribution in [0.15, 0.2) is 36.1 Å². The lowest BCUT2D eigenvalue weighted by atomic mass is 9.88. The minimum absolute atomic E-state index is 0.00954. The normalized spacial score (nSPS) is 22.9. The number of aliphatic carboxylic acids is 1. The molecule has 0 aliphatic heterocycles. The van der Waals surface area contributed by atoms with E-state index in [1.54, 1.807) is 11.6 Å². The van der Waals surface area contributed by atoms with Crippen LogP contribution in [-0.2, 0) is 17.3 Å². The minimum atomic E-state index is -4.01. The largest absolute Gasteiger partial charge is 0.477 e. The van der Waals surface area contributed by atoms with Crippen LogP contribution in [0, 0.1) is 18.8 Å². The number of hydrogen-bond donors (Lipinski definition) is 1. The molecule has 5 nitrogen and oxygen atoms in total. The summed E-state index contributed by atoms with van der Waals surface area (Å²) in [5.41, 5.74) is 2.07. The Balaban J connectivity index is 1.74. The van der Waals surface area contributed by atoms with Gasteiger partial charge in [-0.3, -0.25) is 9.67 Å². The van der Waals surface area contributed by atoms with Gasteiger partial charge in [0, 0.05) is 18.7 Å². The molecule has 0 radical (unpaired) electrons. The lowest BCUT2D eigenvalue weighted by Crippen LogP contribution is -2.26. The summed E-state index contributed by atoms with van der Waals surface area (Å²) in [4.78, 5) is 14.9. The fourth-order valence-corrected chi connectivity index (χ4v) is 3.92. The molecule has 27 heavy (non-hydrogen) atoms. The molecule has 1 N–H and O–H groups in total. The number of fused-ring (bicyclic) bond motifs is 1. The van der Waals surface area contributed by atoms with Gasteiger partial charge in [0.25, 0.3) is 0 Å². The predicted molar refractivity (Wildman–Crippen MR) is 96.9 cm³/mol. The molecule has 2 aromatic rings. The number of nitrogens with zero attached hydrogens (tertiary/aromatic N) is 3. The van der Waals surface area contributed by atoms with Gasteiger partial charge < -0.3 is 5.11 Å². The maximum atomic E-state index is 13.9. The molecule has 2 aliphatic rings. The number of aromatic nitrogens is 3. The number of aryl methyl sites for hydroxylation is 1. The number of hydrogen-bond acceptors (Lipinski definition) is 3. The van der Waals surface area contributed by atoms with Gasteiger partial charge in [0.1, 0.15) is 5.52 Å². The summed E-state index contributed by atoms with van der Waals surface area (Å²) < 4.78 is 29.5. The molecule has 2 atom stereocenters. The Kier molecular flexibility index (Phi) is 4.29. The van der Waals surface area contributed by atoms with Crippen molar-refractivity contribution in [1.82, 2.24) is 14.8 Å². The van der Waals surface area contributed by atoms with E-state index >= 15 is 0 Å². The highest BCUT2D eigenvalue weighted by atomic mass is 35.5. The minimum Gasteiger partial charge on any atom is -0.477 e. The van der Waals surface area contributed by atoms with Crippen LogP contribution in [0.25, 0.3) is 11.0 Å². The van der Waals surface area contributed by atoms with Gasteiger partial charge in [-0.25, -0.2) is 4.79 Å². The van der Waals surface area contributed by atoms with Gasteiger partial charge in [0.15, 0.2) is 0 Å². The molecule has 0 amide bonds. The highest BCUT2D eigenvalue weighted by Crippen LogP contribution is 2.44. The number of alkyl halides is 3. The quantitative estimate of drug-likeness (QED) is 0.778. The molecule has 0 bridgehead atoms. The van der Waals surface area contributed by atoms with Crippen LogP contribution >= 0.6 is 11.6 Å². The first kappa shape index (κ1) is 18.1. The van der Waals surface area contributed by atoms with Crippen LogP contribution in [0.5, 0.6) is 0 Å². The standard InChI is InChI=1S/C19H18ClF2N3O2/c1-10-17-16(7-12(8-23-17)19(21,22)18(26)27)25(24-10)9-14-13(11-5-6-11)3-2-4-15(14)20/h2-4,7-8,11,14-15H,5-6,9H2,1H3,(H,26,27).